The van der Waals surface area contributed by atoms with Gasteiger partial charge in [0.25, 0.3) is 5.91 Å². The van der Waals surface area contributed by atoms with Gasteiger partial charge in [-0.3, -0.25) is 4.79 Å². The first-order valence-corrected chi connectivity index (χ1v) is 9.77. The first kappa shape index (κ1) is 18.0. The Balaban J connectivity index is 1.54. The molecule has 0 aromatic heterocycles. The summed E-state index contributed by atoms with van der Waals surface area (Å²) in [5, 5.41) is 0. The Kier molecular flexibility index (Phi) is 4.66. The lowest BCUT2D eigenvalue weighted by Crippen LogP contribution is -2.29. The molecule has 0 N–H and O–H groups in total. The third-order valence-electron chi connectivity index (χ3n) is 4.97. The van der Waals surface area contributed by atoms with Crippen LogP contribution in [0.4, 0.5) is 5.69 Å². The molecular weight excluding hydrogens is 374 g/mol. The summed E-state index contributed by atoms with van der Waals surface area (Å²) >= 11 is 0. The highest BCUT2D eigenvalue weighted by Crippen LogP contribution is 2.41. The lowest BCUT2D eigenvalue weighted by Gasteiger charge is -2.22. The van der Waals surface area contributed by atoms with Gasteiger partial charge in [-0.2, -0.15) is 0 Å². The second-order valence-electron chi connectivity index (χ2n) is 7.02. The van der Waals surface area contributed by atoms with Crippen molar-refractivity contribution in [2.24, 2.45) is 0 Å². The number of rotatable bonds is 4. The molecular formula is C26H19NO3. The number of anilines is 1. The molecule has 30 heavy (non-hydrogen) atoms. The Bertz CT molecular complexity index is 1190. The minimum absolute atomic E-state index is 0.106. The Hall–Kier alpha value is -4.05. The number of amides is 1. The van der Waals surface area contributed by atoms with Gasteiger partial charge in [-0.1, -0.05) is 60.7 Å². The van der Waals surface area contributed by atoms with Gasteiger partial charge in [0, 0.05) is 6.07 Å². The van der Waals surface area contributed by atoms with Crippen LogP contribution < -0.4 is 14.4 Å². The molecule has 4 heteroatoms. The maximum Gasteiger partial charge on any atom is 0.262 e. The van der Waals surface area contributed by atoms with E-state index in [1.165, 1.54) is 0 Å². The van der Waals surface area contributed by atoms with Gasteiger partial charge in [0.1, 0.15) is 17.2 Å². The average molecular weight is 393 g/mol. The fraction of sp³-hybridized carbons (Fsp3) is 0.0385. The third kappa shape index (κ3) is 3.51. The van der Waals surface area contributed by atoms with Crippen LogP contribution in [0, 0.1) is 0 Å². The quantitative estimate of drug-likeness (QED) is 0.401. The average Bonchev–Trinajstić information content (AvgIpc) is 2.90. The maximum atomic E-state index is 13.5. The summed E-state index contributed by atoms with van der Waals surface area (Å²) in [6.07, 6.45) is 0. The van der Waals surface area contributed by atoms with E-state index in [2.05, 4.69) is 0 Å². The van der Waals surface area contributed by atoms with Gasteiger partial charge in [0.05, 0.1) is 17.8 Å². The van der Waals surface area contributed by atoms with Crippen LogP contribution in [-0.4, -0.2) is 5.91 Å². The summed E-state index contributed by atoms with van der Waals surface area (Å²) < 4.78 is 12.1. The summed E-state index contributed by atoms with van der Waals surface area (Å²) in [4.78, 5) is 15.2. The lowest BCUT2D eigenvalue weighted by molar-refractivity contribution is 0.0985. The zero-order valence-electron chi connectivity index (χ0n) is 16.2. The SMILES string of the molecule is O=C1c2ccc(Oc3ccccc3)cc2Oc2ccccc2N1Cc1ccccc1. The topological polar surface area (TPSA) is 38.8 Å². The highest BCUT2D eigenvalue weighted by atomic mass is 16.5. The van der Waals surface area contributed by atoms with E-state index in [4.69, 9.17) is 9.47 Å². The molecule has 1 aliphatic heterocycles. The second-order valence-corrected chi connectivity index (χ2v) is 7.02. The summed E-state index contributed by atoms with van der Waals surface area (Å²) in [7, 11) is 0. The molecule has 0 saturated heterocycles. The number of hydrogen-bond donors (Lipinski definition) is 0. The highest BCUT2D eigenvalue weighted by Gasteiger charge is 2.28. The molecule has 0 fully saturated rings. The number of fused-ring (bicyclic) bond motifs is 2. The zero-order chi connectivity index (χ0) is 20.3. The molecule has 0 aliphatic carbocycles. The monoisotopic (exact) mass is 393 g/mol. The van der Waals surface area contributed by atoms with E-state index in [1.54, 1.807) is 23.1 Å². The largest absolute Gasteiger partial charge is 0.457 e. The minimum atomic E-state index is -0.106. The number of carbonyl (C=O) groups is 1. The Morgan fingerprint density at radius 1 is 0.700 bits per heavy atom. The molecule has 0 bridgehead atoms. The van der Waals surface area contributed by atoms with Gasteiger partial charge < -0.3 is 14.4 Å². The van der Waals surface area contributed by atoms with E-state index in [1.807, 2.05) is 84.9 Å². The maximum absolute atomic E-state index is 13.5. The van der Waals surface area contributed by atoms with Crippen molar-refractivity contribution in [3.8, 4) is 23.0 Å². The van der Waals surface area contributed by atoms with Crippen molar-refractivity contribution in [3.05, 3.63) is 114 Å². The molecule has 4 nitrogen and oxygen atoms in total. The first-order valence-electron chi connectivity index (χ1n) is 9.77. The van der Waals surface area contributed by atoms with Crippen molar-refractivity contribution in [2.45, 2.75) is 6.54 Å². The summed E-state index contributed by atoms with van der Waals surface area (Å²) in [5.74, 6) is 2.35. The van der Waals surface area contributed by atoms with Crippen molar-refractivity contribution >= 4 is 11.6 Å². The summed E-state index contributed by atoms with van der Waals surface area (Å²) in [6, 6.07) is 32.4. The number of nitrogens with zero attached hydrogens (tertiary/aromatic N) is 1. The number of hydrogen-bond acceptors (Lipinski definition) is 3. The van der Waals surface area contributed by atoms with E-state index in [-0.39, 0.29) is 5.91 Å². The van der Waals surface area contributed by atoms with Crippen molar-refractivity contribution in [3.63, 3.8) is 0 Å². The molecule has 1 heterocycles. The minimum Gasteiger partial charge on any atom is -0.457 e. The number of ether oxygens (including phenoxy) is 2. The first-order chi connectivity index (χ1) is 14.8. The van der Waals surface area contributed by atoms with Crippen LogP contribution in [0.15, 0.2) is 103 Å². The second kappa shape index (κ2) is 7.76. The molecule has 0 saturated carbocycles. The van der Waals surface area contributed by atoms with Crippen molar-refractivity contribution in [1.29, 1.82) is 0 Å². The fourth-order valence-electron chi connectivity index (χ4n) is 3.51. The van der Waals surface area contributed by atoms with Gasteiger partial charge in [0.2, 0.25) is 0 Å². The Morgan fingerprint density at radius 3 is 2.20 bits per heavy atom. The number of benzene rings is 4. The zero-order valence-corrected chi connectivity index (χ0v) is 16.2. The van der Waals surface area contributed by atoms with E-state index >= 15 is 0 Å². The molecule has 1 aliphatic rings. The third-order valence-corrected chi connectivity index (χ3v) is 4.97. The van der Waals surface area contributed by atoms with Crippen LogP contribution in [0.3, 0.4) is 0 Å². The molecule has 0 spiro atoms. The van der Waals surface area contributed by atoms with Crippen LogP contribution in [0.2, 0.25) is 0 Å². The van der Waals surface area contributed by atoms with Crippen LogP contribution in [0.1, 0.15) is 15.9 Å². The van der Waals surface area contributed by atoms with Crippen molar-refractivity contribution in [1.82, 2.24) is 0 Å². The van der Waals surface area contributed by atoms with Crippen LogP contribution in [0.25, 0.3) is 0 Å². The molecule has 0 radical (unpaired) electrons. The predicted octanol–water partition coefficient (Wildman–Crippen LogP) is 6.43. The molecule has 0 atom stereocenters. The highest BCUT2D eigenvalue weighted by molar-refractivity contribution is 6.09. The van der Waals surface area contributed by atoms with Crippen molar-refractivity contribution in [2.75, 3.05) is 4.90 Å². The lowest BCUT2D eigenvalue weighted by atomic mass is 10.1. The molecule has 146 valence electrons. The van der Waals surface area contributed by atoms with E-state index in [9.17, 15) is 4.79 Å². The van der Waals surface area contributed by atoms with E-state index in [0.29, 0.717) is 29.4 Å². The Morgan fingerprint density at radius 2 is 1.40 bits per heavy atom. The van der Waals surface area contributed by atoms with Gasteiger partial charge in [-0.15, -0.1) is 0 Å². The van der Waals surface area contributed by atoms with Crippen LogP contribution in [0.5, 0.6) is 23.0 Å². The standard InChI is InChI=1S/C26H19NO3/c28-26-22-16-15-21(29-20-11-5-2-6-12-20)17-25(22)30-24-14-8-7-13-23(24)27(26)18-19-9-3-1-4-10-19/h1-17H,18H2. The van der Waals surface area contributed by atoms with Crippen LogP contribution in [-0.2, 0) is 6.54 Å². The smallest absolute Gasteiger partial charge is 0.262 e. The fourth-order valence-corrected chi connectivity index (χ4v) is 3.51. The normalized spacial score (nSPS) is 12.4. The summed E-state index contributed by atoms with van der Waals surface area (Å²) in [6.45, 7) is 0.460. The Labute approximate surface area is 174 Å². The van der Waals surface area contributed by atoms with Gasteiger partial charge in [0.15, 0.2) is 5.75 Å². The number of para-hydroxylation sites is 3. The molecule has 1 amide bonds. The predicted molar refractivity (Wildman–Crippen MR) is 116 cm³/mol. The summed E-state index contributed by atoms with van der Waals surface area (Å²) in [5.41, 5.74) is 2.30. The van der Waals surface area contributed by atoms with Crippen LogP contribution >= 0.6 is 0 Å². The van der Waals surface area contributed by atoms with Crippen molar-refractivity contribution < 1.29 is 14.3 Å². The van der Waals surface area contributed by atoms with E-state index < -0.39 is 0 Å². The molecule has 4 aromatic carbocycles. The van der Waals surface area contributed by atoms with E-state index in [0.717, 1.165) is 17.0 Å². The van der Waals surface area contributed by atoms with Gasteiger partial charge in [-0.05, 0) is 42.0 Å². The number of carbonyl (C=O) groups excluding carboxylic acids is 1. The molecule has 4 aromatic rings. The molecule has 0 unspecified atom stereocenters. The van der Waals surface area contributed by atoms with Gasteiger partial charge >= 0.3 is 0 Å². The van der Waals surface area contributed by atoms with Gasteiger partial charge in [-0.25, -0.2) is 0 Å². The molecule has 5 rings (SSSR count).